The summed E-state index contributed by atoms with van der Waals surface area (Å²) in [5, 5.41) is 0.683. The molecule has 0 aliphatic carbocycles. The summed E-state index contributed by atoms with van der Waals surface area (Å²) in [6.45, 7) is 11.2. The highest BCUT2D eigenvalue weighted by Crippen LogP contribution is 2.47. The van der Waals surface area contributed by atoms with Crippen molar-refractivity contribution in [1.29, 1.82) is 0 Å². The summed E-state index contributed by atoms with van der Waals surface area (Å²) in [7, 11) is 0. The lowest BCUT2D eigenvalue weighted by molar-refractivity contribution is -0.178. The average Bonchev–Trinajstić information content (AvgIpc) is 2.99. The molecule has 168 valence electrons. The zero-order chi connectivity index (χ0) is 22.9. The van der Waals surface area contributed by atoms with Gasteiger partial charge in [0.1, 0.15) is 16.9 Å². The number of carbonyl (C=O) groups is 2. The topological polar surface area (TPSA) is 92.0 Å². The molecular weight excluding hydrogens is 400 g/mol. The van der Waals surface area contributed by atoms with Gasteiger partial charge in [-0.15, -0.1) is 0 Å². The van der Waals surface area contributed by atoms with Crippen molar-refractivity contribution in [3.63, 3.8) is 0 Å². The first-order chi connectivity index (χ1) is 14.5. The molecule has 0 amide bonds. The molecule has 1 aromatic carbocycles. The quantitative estimate of drug-likeness (QED) is 0.470. The molecule has 0 unspecified atom stereocenters. The monoisotopic (exact) mass is 430 g/mol. The Balaban J connectivity index is 2.03. The van der Waals surface area contributed by atoms with Crippen LogP contribution >= 0.6 is 0 Å². The minimum Gasteiger partial charge on any atom is -0.481 e. The lowest BCUT2D eigenvalue weighted by Crippen LogP contribution is -2.46. The zero-order valence-corrected chi connectivity index (χ0v) is 18.9. The maximum absolute atomic E-state index is 12.6. The summed E-state index contributed by atoms with van der Waals surface area (Å²) in [6, 6.07) is 6.49. The first-order valence-electron chi connectivity index (χ1n) is 10.6. The molecule has 1 aliphatic rings. The standard InChI is InChI=1S/C24H30O7/c1-13(2)11-18(26)30-22-20-16(9-7-15-8-10-17(25)29-21(15)20)28-23(22)24(5,6)31-19(27)12-14(3)4/h7-10,13-14,22-23H,11-12H2,1-6H3/t22-,23+/m0/s1. The maximum Gasteiger partial charge on any atom is 0.336 e. The second kappa shape index (κ2) is 8.73. The Kier molecular flexibility index (Phi) is 6.43. The number of carbonyl (C=O) groups excluding carboxylic acids is 2. The fourth-order valence-electron chi connectivity index (χ4n) is 3.73. The highest BCUT2D eigenvalue weighted by atomic mass is 16.6. The predicted octanol–water partition coefficient (Wildman–Crippen LogP) is 4.55. The number of ether oxygens (including phenoxy) is 3. The number of hydrogen-bond donors (Lipinski definition) is 0. The second-order valence-corrected chi connectivity index (χ2v) is 9.37. The van der Waals surface area contributed by atoms with Crippen LogP contribution < -0.4 is 10.4 Å². The van der Waals surface area contributed by atoms with Gasteiger partial charge in [0.2, 0.25) is 0 Å². The molecule has 2 heterocycles. The van der Waals surface area contributed by atoms with E-state index in [-0.39, 0.29) is 30.6 Å². The van der Waals surface area contributed by atoms with Crippen LogP contribution in [-0.4, -0.2) is 23.6 Å². The van der Waals surface area contributed by atoms with Crippen molar-refractivity contribution in [3.05, 3.63) is 40.2 Å². The minimum atomic E-state index is -1.10. The van der Waals surface area contributed by atoms with Gasteiger partial charge in [0.25, 0.3) is 0 Å². The molecular formula is C24H30O7. The highest BCUT2D eigenvalue weighted by molar-refractivity contribution is 5.84. The molecule has 31 heavy (non-hydrogen) atoms. The van der Waals surface area contributed by atoms with E-state index in [1.54, 1.807) is 32.0 Å². The maximum atomic E-state index is 12.6. The predicted molar refractivity (Wildman–Crippen MR) is 115 cm³/mol. The summed E-state index contributed by atoms with van der Waals surface area (Å²) in [5.41, 5.74) is -0.835. The van der Waals surface area contributed by atoms with E-state index in [1.165, 1.54) is 6.07 Å². The fourth-order valence-corrected chi connectivity index (χ4v) is 3.73. The molecule has 2 aromatic rings. The lowest BCUT2D eigenvalue weighted by Gasteiger charge is -2.34. The van der Waals surface area contributed by atoms with Crippen LogP contribution in [0.15, 0.2) is 33.5 Å². The molecule has 7 heteroatoms. The van der Waals surface area contributed by atoms with Gasteiger partial charge in [0.05, 0.1) is 5.56 Å². The Morgan fingerprint density at radius 2 is 1.61 bits per heavy atom. The first kappa shape index (κ1) is 22.8. The average molecular weight is 430 g/mol. The van der Waals surface area contributed by atoms with Gasteiger partial charge in [-0.05, 0) is 43.9 Å². The van der Waals surface area contributed by atoms with Crippen molar-refractivity contribution >= 4 is 22.9 Å². The van der Waals surface area contributed by atoms with E-state index >= 15 is 0 Å². The van der Waals surface area contributed by atoms with E-state index in [0.29, 0.717) is 22.3 Å². The fraction of sp³-hybridized carbons (Fsp3) is 0.542. The number of fused-ring (bicyclic) bond motifs is 3. The summed E-state index contributed by atoms with van der Waals surface area (Å²) in [4.78, 5) is 36.9. The first-order valence-corrected chi connectivity index (χ1v) is 10.6. The molecule has 1 aromatic heterocycles. The molecule has 7 nitrogen and oxygen atoms in total. The Morgan fingerprint density at radius 1 is 1.00 bits per heavy atom. The van der Waals surface area contributed by atoms with Crippen LogP contribution in [0.4, 0.5) is 0 Å². The summed E-state index contributed by atoms with van der Waals surface area (Å²) in [6.07, 6.45) is -1.21. The van der Waals surface area contributed by atoms with Gasteiger partial charge >= 0.3 is 17.6 Å². The largest absolute Gasteiger partial charge is 0.481 e. The van der Waals surface area contributed by atoms with Crippen LogP contribution in [-0.2, 0) is 19.1 Å². The van der Waals surface area contributed by atoms with Crippen LogP contribution in [0, 0.1) is 11.8 Å². The van der Waals surface area contributed by atoms with Crippen molar-refractivity contribution in [1.82, 2.24) is 0 Å². The number of hydrogen-bond acceptors (Lipinski definition) is 7. The van der Waals surface area contributed by atoms with Crippen molar-refractivity contribution in [2.75, 3.05) is 0 Å². The van der Waals surface area contributed by atoms with Crippen LogP contribution in [0.25, 0.3) is 11.0 Å². The van der Waals surface area contributed by atoms with Crippen molar-refractivity contribution in [2.45, 2.75) is 72.2 Å². The van der Waals surface area contributed by atoms with Gasteiger partial charge in [0, 0.05) is 24.3 Å². The highest BCUT2D eigenvalue weighted by Gasteiger charge is 2.50. The Labute approximate surface area is 181 Å². The number of esters is 2. The van der Waals surface area contributed by atoms with E-state index < -0.39 is 29.4 Å². The van der Waals surface area contributed by atoms with Crippen LogP contribution in [0.2, 0.25) is 0 Å². The number of benzene rings is 1. The Bertz CT molecular complexity index is 1030. The van der Waals surface area contributed by atoms with Crippen LogP contribution in [0.5, 0.6) is 5.75 Å². The molecule has 0 saturated heterocycles. The molecule has 0 fully saturated rings. The van der Waals surface area contributed by atoms with Gasteiger partial charge < -0.3 is 18.6 Å². The van der Waals surface area contributed by atoms with E-state index in [9.17, 15) is 14.4 Å². The van der Waals surface area contributed by atoms with E-state index in [0.717, 1.165) is 0 Å². The van der Waals surface area contributed by atoms with Crippen molar-refractivity contribution < 1.29 is 28.2 Å². The molecule has 0 bridgehead atoms. The molecule has 2 atom stereocenters. The third-order valence-electron chi connectivity index (χ3n) is 5.07. The van der Waals surface area contributed by atoms with Gasteiger partial charge in [0.15, 0.2) is 12.2 Å². The Hall–Kier alpha value is -2.83. The van der Waals surface area contributed by atoms with Crippen molar-refractivity contribution in [3.8, 4) is 5.75 Å². The smallest absolute Gasteiger partial charge is 0.336 e. The number of rotatable bonds is 7. The van der Waals surface area contributed by atoms with Gasteiger partial charge in [-0.2, -0.15) is 0 Å². The van der Waals surface area contributed by atoms with Gasteiger partial charge in [-0.3, -0.25) is 9.59 Å². The molecule has 0 radical (unpaired) electrons. The van der Waals surface area contributed by atoms with Gasteiger partial charge in [-0.1, -0.05) is 27.7 Å². The normalized spacial score (nSPS) is 18.2. The molecule has 0 saturated carbocycles. The lowest BCUT2D eigenvalue weighted by atomic mass is 9.93. The minimum absolute atomic E-state index is 0.107. The molecule has 3 rings (SSSR count). The summed E-state index contributed by atoms with van der Waals surface area (Å²) >= 11 is 0. The summed E-state index contributed by atoms with van der Waals surface area (Å²) < 4.78 is 23.2. The molecule has 0 spiro atoms. The van der Waals surface area contributed by atoms with E-state index in [4.69, 9.17) is 18.6 Å². The Morgan fingerprint density at radius 3 is 2.26 bits per heavy atom. The third kappa shape index (κ3) is 5.09. The third-order valence-corrected chi connectivity index (χ3v) is 5.07. The van der Waals surface area contributed by atoms with E-state index in [1.807, 2.05) is 27.7 Å². The van der Waals surface area contributed by atoms with Crippen molar-refractivity contribution in [2.24, 2.45) is 11.8 Å². The van der Waals surface area contributed by atoms with Crippen LogP contribution in [0.3, 0.4) is 0 Å². The summed E-state index contributed by atoms with van der Waals surface area (Å²) in [5.74, 6) is -0.0793. The zero-order valence-electron chi connectivity index (χ0n) is 18.9. The van der Waals surface area contributed by atoms with Gasteiger partial charge in [-0.25, -0.2) is 4.79 Å². The van der Waals surface area contributed by atoms with Crippen LogP contribution in [0.1, 0.15) is 66.1 Å². The van der Waals surface area contributed by atoms with E-state index in [2.05, 4.69) is 0 Å². The molecule has 0 N–H and O–H groups in total. The molecule has 1 aliphatic heterocycles. The SMILES string of the molecule is CC(C)CC(=O)O[C@H]1c2c(ccc3ccc(=O)oc23)O[C@H]1C(C)(C)OC(=O)CC(C)C. The second-order valence-electron chi connectivity index (χ2n) is 9.37.